The third-order valence-electron chi connectivity index (χ3n) is 4.61. The van der Waals surface area contributed by atoms with Crippen molar-refractivity contribution in [3.8, 4) is 17.6 Å². The molecule has 2 aromatic rings. The van der Waals surface area contributed by atoms with Gasteiger partial charge >= 0.3 is 0 Å². The van der Waals surface area contributed by atoms with Gasteiger partial charge in [-0.2, -0.15) is 5.26 Å². The first kappa shape index (κ1) is 14.8. The first-order chi connectivity index (χ1) is 11.7. The fraction of sp³-hybridized carbons (Fsp3) is 0.333. The number of aliphatic hydroxyl groups is 1. The summed E-state index contributed by atoms with van der Waals surface area (Å²) in [6.07, 6.45) is 1.89. The van der Waals surface area contributed by atoms with Crippen LogP contribution in [0.5, 0.6) is 11.5 Å². The van der Waals surface area contributed by atoms with Crippen LogP contribution in [-0.4, -0.2) is 36.1 Å². The van der Waals surface area contributed by atoms with E-state index in [1.165, 1.54) is 0 Å². The number of piperidine rings is 1. The van der Waals surface area contributed by atoms with Crippen LogP contribution in [0.3, 0.4) is 0 Å². The van der Waals surface area contributed by atoms with E-state index in [9.17, 15) is 5.11 Å². The van der Waals surface area contributed by atoms with Gasteiger partial charge in [0.2, 0.25) is 6.79 Å². The van der Waals surface area contributed by atoms with E-state index in [4.69, 9.17) is 14.7 Å². The Morgan fingerprint density at radius 2 is 2.08 bits per heavy atom. The molecule has 2 atom stereocenters. The molecule has 0 saturated carbocycles. The summed E-state index contributed by atoms with van der Waals surface area (Å²) in [6, 6.07) is 11.5. The van der Waals surface area contributed by atoms with Crippen LogP contribution in [0, 0.1) is 11.3 Å². The molecule has 4 rings (SSSR count). The zero-order valence-corrected chi connectivity index (χ0v) is 13.1. The first-order valence-electron chi connectivity index (χ1n) is 7.93. The highest BCUT2D eigenvalue weighted by Crippen LogP contribution is 2.37. The van der Waals surface area contributed by atoms with E-state index < -0.39 is 6.10 Å². The van der Waals surface area contributed by atoms with Crippen molar-refractivity contribution in [2.45, 2.75) is 18.4 Å². The Hall–Kier alpha value is -2.78. The summed E-state index contributed by atoms with van der Waals surface area (Å²) in [4.78, 5) is 6.36. The van der Waals surface area contributed by atoms with Gasteiger partial charge in [-0.1, -0.05) is 6.07 Å². The third kappa shape index (κ3) is 2.63. The van der Waals surface area contributed by atoms with Crippen molar-refractivity contribution in [2.24, 2.45) is 0 Å². The maximum absolute atomic E-state index is 10.6. The van der Waals surface area contributed by atoms with Gasteiger partial charge in [0.25, 0.3) is 0 Å². The normalized spacial score (nSPS) is 22.2. The summed E-state index contributed by atoms with van der Waals surface area (Å²) in [6.45, 7) is 1.57. The minimum Gasteiger partial charge on any atom is -0.454 e. The number of ether oxygens (including phenoxy) is 2. The zero-order chi connectivity index (χ0) is 16.5. The molecule has 0 amide bonds. The highest BCUT2D eigenvalue weighted by atomic mass is 16.7. The lowest BCUT2D eigenvalue weighted by Gasteiger charge is -2.36. The number of rotatable bonds is 2. The standard InChI is InChI=1S/C18H17N3O3/c19-8-12-1-4-18(20-9-12)21-6-5-14(15(22)10-21)13-2-3-16-17(7-13)24-11-23-16/h1-4,7,9,14-15,22H,5-6,10-11H2/t14-,15+/m0/s1. The van der Waals surface area contributed by atoms with Crippen molar-refractivity contribution in [1.29, 1.82) is 5.26 Å². The van der Waals surface area contributed by atoms with Crippen LogP contribution in [-0.2, 0) is 0 Å². The Bertz CT molecular complexity index is 785. The van der Waals surface area contributed by atoms with E-state index in [0.29, 0.717) is 12.1 Å². The molecule has 0 aliphatic carbocycles. The lowest BCUT2D eigenvalue weighted by Crippen LogP contribution is -2.43. The summed E-state index contributed by atoms with van der Waals surface area (Å²) in [7, 11) is 0. The Labute approximate surface area is 139 Å². The molecule has 0 spiro atoms. The average molecular weight is 323 g/mol. The van der Waals surface area contributed by atoms with Crippen LogP contribution in [0.1, 0.15) is 23.5 Å². The van der Waals surface area contributed by atoms with Crippen LogP contribution < -0.4 is 14.4 Å². The lowest BCUT2D eigenvalue weighted by atomic mass is 9.87. The van der Waals surface area contributed by atoms with E-state index in [1.54, 1.807) is 12.3 Å². The van der Waals surface area contributed by atoms with E-state index in [-0.39, 0.29) is 12.7 Å². The van der Waals surface area contributed by atoms with Crippen LogP contribution >= 0.6 is 0 Å². The number of hydrogen-bond acceptors (Lipinski definition) is 6. The molecule has 6 nitrogen and oxygen atoms in total. The van der Waals surface area contributed by atoms with Crippen LogP contribution in [0.2, 0.25) is 0 Å². The minimum atomic E-state index is -0.489. The average Bonchev–Trinajstić information content (AvgIpc) is 3.09. The Kier molecular flexibility index (Phi) is 3.71. The van der Waals surface area contributed by atoms with E-state index in [2.05, 4.69) is 16.0 Å². The number of aliphatic hydroxyl groups excluding tert-OH is 1. The molecule has 0 radical (unpaired) electrons. The summed E-state index contributed by atoms with van der Waals surface area (Å²) >= 11 is 0. The summed E-state index contributed by atoms with van der Waals surface area (Å²) in [5, 5.41) is 19.5. The first-order valence-corrected chi connectivity index (χ1v) is 7.93. The number of benzene rings is 1. The number of fused-ring (bicyclic) bond motifs is 1. The van der Waals surface area contributed by atoms with Crippen molar-refractivity contribution < 1.29 is 14.6 Å². The quantitative estimate of drug-likeness (QED) is 0.911. The Morgan fingerprint density at radius 1 is 1.21 bits per heavy atom. The maximum atomic E-state index is 10.6. The largest absolute Gasteiger partial charge is 0.454 e. The van der Waals surface area contributed by atoms with Gasteiger partial charge < -0.3 is 19.5 Å². The number of pyridine rings is 1. The molecule has 1 fully saturated rings. The molecule has 122 valence electrons. The second-order valence-electron chi connectivity index (χ2n) is 6.04. The van der Waals surface area contributed by atoms with Crippen molar-refractivity contribution in [1.82, 2.24) is 4.98 Å². The number of aromatic nitrogens is 1. The zero-order valence-electron chi connectivity index (χ0n) is 13.1. The summed E-state index contributed by atoms with van der Waals surface area (Å²) < 4.78 is 10.8. The molecule has 3 heterocycles. The molecular formula is C18H17N3O3. The van der Waals surface area contributed by atoms with Gasteiger partial charge in [0.1, 0.15) is 11.9 Å². The van der Waals surface area contributed by atoms with Crippen LogP contribution in [0.25, 0.3) is 0 Å². The second kappa shape index (κ2) is 6.02. The highest BCUT2D eigenvalue weighted by Gasteiger charge is 2.30. The SMILES string of the molecule is N#Cc1ccc(N2CC[C@@H](c3ccc4c(c3)OCO4)[C@H](O)C2)nc1. The summed E-state index contributed by atoms with van der Waals surface area (Å²) in [5.41, 5.74) is 1.61. The molecule has 6 heteroatoms. The molecule has 0 bridgehead atoms. The Morgan fingerprint density at radius 3 is 2.83 bits per heavy atom. The van der Waals surface area contributed by atoms with Crippen LogP contribution in [0.15, 0.2) is 36.5 Å². The molecule has 2 aliphatic rings. The predicted molar refractivity (Wildman–Crippen MR) is 87.1 cm³/mol. The topological polar surface area (TPSA) is 78.6 Å². The number of anilines is 1. The summed E-state index contributed by atoms with van der Waals surface area (Å²) in [5.74, 6) is 2.36. The number of β-amino-alcohol motifs (C(OH)–C–C–N with tert-alkyl or cyclic N) is 1. The van der Waals surface area contributed by atoms with Crippen molar-refractivity contribution in [2.75, 3.05) is 24.8 Å². The molecule has 0 unspecified atom stereocenters. The molecule has 2 aliphatic heterocycles. The van der Waals surface area contributed by atoms with Gasteiger partial charge in [0.15, 0.2) is 11.5 Å². The molecule has 1 N–H and O–H groups in total. The molecule has 1 aromatic carbocycles. The fourth-order valence-corrected chi connectivity index (χ4v) is 3.31. The van der Waals surface area contributed by atoms with Gasteiger partial charge in [0.05, 0.1) is 11.7 Å². The highest BCUT2D eigenvalue weighted by molar-refractivity contribution is 5.47. The minimum absolute atomic E-state index is 0.0640. The molecule has 1 aromatic heterocycles. The Balaban J connectivity index is 1.49. The smallest absolute Gasteiger partial charge is 0.231 e. The van der Waals surface area contributed by atoms with E-state index >= 15 is 0 Å². The molecule has 1 saturated heterocycles. The number of nitrogens with zero attached hydrogens (tertiary/aromatic N) is 3. The number of nitriles is 1. The molecular weight excluding hydrogens is 306 g/mol. The third-order valence-corrected chi connectivity index (χ3v) is 4.61. The van der Waals surface area contributed by atoms with Crippen molar-refractivity contribution >= 4 is 5.82 Å². The molecule has 24 heavy (non-hydrogen) atoms. The van der Waals surface area contributed by atoms with E-state index in [1.807, 2.05) is 24.3 Å². The predicted octanol–water partition coefficient (Wildman–Crippen LogP) is 2.04. The fourth-order valence-electron chi connectivity index (χ4n) is 3.31. The van der Waals surface area contributed by atoms with E-state index in [0.717, 1.165) is 35.8 Å². The van der Waals surface area contributed by atoms with Crippen molar-refractivity contribution in [3.05, 3.63) is 47.7 Å². The van der Waals surface area contributed by atoms with Gasteiger partial charge in [-0.05, 0) is 36.2 Å². The van der Waals surface area contributed by atoms with Gasteiger partial charge in [0, 0.05) is 25.2 Å². The maximum Gasteiger partial charge on any atom is 0.231 e. The number of hydrogen-bond donors (Lipinski definition) is 1. The monoisotopic (exact) mass is 323 g/mol. The second-order valence-corrected chi connectivity index (χ2v) is 6.04. The van der Waals surface area contributed by atoms with Gasteiger partial charge in [-0.25, -0.2) is 4.98 Å². The lowest BCUT2D eigenvalue weighted by molar-refractivity contribution is 0.129. The van der Waals surface area contributed by atoms with Crippen LogP contribution in [0.4, 0.5) is 5.82 Å². The van der Waals surface area contributed by atoms with Crippen molar-refractivity contribution in [3.63, 3.8) is 0 Å². The van der Waals surface area contributed by atoms with Gasteiger partial charge in [-0.3, -0.25) is 0 Å². The van der Waals surface area contributed by atoms with Gasteiger partial charge in [-0.15, -0.1) is 0 Å².